The van der Waals surface area contributed by atoms with Crippen LogP contribution in [0.2, 0.25) is 0 Å². The van der Waals surface area contributed by atoms with Gasteiger partial charge < -0.3 is 15.4 Å². The average Bonchev–Trinajstić information content (AvgIpc) is 2.69. The Kier molecular flexibility index (Phi) is 9.01. The quantitative estimate of drug-likeness (QED) is 0.627. The number of rotatable bonds is 8. The number of esters is 1. The number of thioether (sulfide) groups is 1. The summed E-state index contributed by atoms with van der Waals surface area (Å²) in [6.45, 7) is 7.38. The molecule has 1 aromatic rings. The van der Waals surface area contributed by atoms with Crippen LogP contribution in [0.4, 0.5) is 5.69 Å². The molecule has 2 rings (SSSR count). The Bertz CT molecular complexity index is 707. The van der Waals surface area contributed by atoms with E-state index in [2.05, 4.69) is 17.6 Å². The van der Waals surface area contributed by atoms with E-state index in [0.29, 0.717) is 5.92 Å². The maximum atomic E-state index is 12.3. The van der Waals surface area contributed by atoms with E-state index in [9.17, 15) is 14.4 Å². The van der Waals surface area contributed by atoms with E-state index in [4.69, 9.17) is 4.74 Å². The Morgan fingerprint density at radius 1 is 1.14 bits per heavy atom. The largest absolute Gasteiger partial charge is 0.452 e. The highest BCUT2D eigenvalue weighted by Gasteiger charge is 2.27. The number of amides is 2. The summed E-state index contributed by atoms with van der Waals surface area (Å²) in [6.07, 6.45) is 3.54. The zero-order valence-corrected chi connectivity index (χ0v) is 18.5. The molecule has 0 saturated heterocycles. The molecule has 0 heterocycles. The van der Waals surface area contributed by atoms with Crippen molar-refractivity contribution in [2.75, 3.05) is 11.1 Å². The fourth-order valence-electron chi connectivity index (χ4n) is 3.26. The minimum Gasteiger partial charge on any atom is -0.452 e. The van der Waals surface area contributed by atoms with Crippen molar-refractivity contribution >= 4 is 35.2 Å². The summed E-state index contributed by atoms with van der Waals surface area (Å²) in [6, 6.07) is 7.66. The van der Waals surface area contributed by atoms with Gasteiger partial charge in [-0.05, 0) is 51.7 Å². The second kappa shape index (κ2) is 11.2. The monoisotopic (exact) mass is 420 g/mol. The van der Waals surface area contributed by atoms with Crippen molar-refractivity contribution in [3.05, 3.63) is 29.8 Å². The SMILES string of the molecule is Cc1ccc(NC(=O)CS[C@@H](C)C(=O)O[C@@H](C)C(=O)N[C@@H]2CCCC[C@@H]2C)cc1. The molecule has 1 saturated carbocycles. The van der Waals surface area contributed by atoms with Crippen molar-refractivity contribution in [1.29, 1.82) is 0 Å². The second-order valence-electron chi connectivity index (χ2n) is 7.82. The van der Waals surface area contributed by atoms with Crippen LogP contribution in [0.5, 0.6) is 0 Å². The Hall–Kier alpha value is -2.02. The van der Waals surface area contributed by atoms with Gasteiger partial charge >= 0.3 is 5.97 Å². The van der Waals surface area contributed by atoms with Crippen LogP contribution in [0, 0.1) is 12.8 Å². The Balaban J connectivity index is 1.72. The Morgan fingerprint density at radius 3 is 2.45 bits per heavy atom. The minimum atomic E-state index is -0.846. The minimum absolute atomic E-state index is 0.129. The van der Waals surface area contributed by atoms with Crippen LogP contribution in [0.1, 0.15) is 52.0 Å². The number of carbonyl (C=O) groups excluding carboxylic acids is 3. The maximum absolute atomic E-state index is 12.3. The predicted octanol–water partition coefficient (Wildman–Crippen LogP) is 3.68. The summed E-state index contributed by atoms with van der Waals surface area (Å²) in [4.78, 5) is 36.7. The molecule has 0 aliphatic heterocycles. The lowest BCUT2D eigenvalue weighted by Crippen LogP contribution is -2.46. The highest BCUT2D eigenvalue weighted by atomic mass is 32.2. The standard InChI is InChI=1S/C22H32N2O4S/c1-14-9-11-18(12-10-14)23-20(25)13-29-17(4)22(27)28-16(3)21(26)24-19-8-6-5-7-15(19)2/h9-12,15-17,19H,5-8,13H2,1-4H3,(H,23,25)(H,24,26)/t15-,16-,17-,19+/m0/s1. The number of nitrogens with one attached hydrogen (secondary N) is 2. The molecule has 0 aromatic heterocycles. The first-order chi connectivity index (χ1) is 13.8. The van der Waals surface area contributed by atoms with Crippen LogP contribution in [-0.2, 0) is 19.1 Å². The summed E-state index contributed by atoms with van der Waals surface area (Å²) in [5.74, 6) is -0.360. The summed E-state index contributed by atoms with van der Waals surface area (Å²) < 4.78 is 5.31. The predicted molar refractivity (Wildman–Crippen MR) is 117 cm³/mol. The first kappa shape index (κ1) is 23.3. The first-order valence-corrected chi connectivity index (χ1v) is 11.3. The highest BCUT2D eigenvalue weighted by Crippen LogP contribution is 2.24. The normalized spacial score (nSPS) is 21.0. The lowest BCUT2D eigenvalue weighted by Gasteiger charge is -2.30. The number of benzene rings is 1. The van der Waals surface area contributed by atoms with Crippen LogP contribution in [0.25, 0.3) is 0 Å². The molecule has 2 N–H and O–H groups in total. The van der Waals surface area contributed by atoms with Crippen LogP contribution in [-0.4, -0.2) is 40.9 Å². The van der Waals surface area contributed by atoms with Gasteiger partial charge in [-0.25, -0.2) is 0 Å². The van der Waals surface area contributed by atoms with Gasteiger partial charge in [0.2, 0.25) is 5.91 Å². The molecule has 0 spiro atoms. The van der Waals surface area contributed by atoms with E-state index in [1.165, 1.54) is 18.2 Å². The van der Waals surface area contributed by atoms with Gasteiger partial charge in [0.15, 0.2) is 6.10 Å². The van der Waals surface area contributed by atoms with E-state index in [1.807, 2.05) is 31.2 Å². The molecule has 1 aliphatic carbocycles. The van der Waals surface area contributed by atoms with Crippen molar-refractivity contribution in [2.45, 2.75) is 70.8 Å². The van der Waals surface area contributed by atoms with Gasteiger partial charge in [-0.15, -0.1) is 11.8 Å². The molecule has 2 amide bonds. The highest BCUT2D eigenvalue weighted by molar-refractivity contribution is 8.01. The topological polar surface area (TPSA) is 84.5 Å². The van der Waals surface area contributed by atoms with E-state index >= 15 is 0 Å². The molecule has 1 fully saturated rings. The molecular weight excluding hydrogens is 388 g/mol. The van der Waals surface area contributed by atoms with Gasteiger partial charge in [-0.1, -0.05) is 37.5 Å². The van der Waals surface area contributed by atoms with Crippen molar-refractivity contribution < 1.29 is 19.1 Å². The van der Waals surface area contributed by atoms with Gasteiger partial charge in [-0.3, -0.25) is 14.4 Å². The van der Waals surface area contributed by atoms with Crippen molar-refractivity contribution in [3.8, 4) is 0 Å². The molecule has 4 atom stereocenters. The molecule has 0 unspecified atom stereocenters. The molecule has 0 bridgehead atoms. The zero-order chi connectivity index (χ0) is 21.4. The van der Waals surface area contributed by atoms with Crippen LogP contribution in [0.15, 0.2) is 24.3 Å². The number of carbonyl (C=O) groups is 3. The fourth-order valence-corrected chi connectivity index (χ4v) is 3.92. The Labute approximate surface area is 177 Å². The van der Waals surface area contributed by atoms with Crippen molar-refractivity contribution in [2.24, 2.45) is 5.92 Å². The average molecular weight is 421 g/mol. The van der Waals surface area contributed by atoms with Gasteiger partial charge in [0.05, 0.1) is 5.75 Å². The third-order valence-electron chi connectivity index (χ3n) is 5.23. The van der Waals surface area contributed by atoms with Crippen molar-refractivity contribution in [1.82, 2.24) is 5.32 Å². The Morgan fingerprint density at radius 2 is 1.79 bits per heavy atom. The van der Waals surface area contributed by atoms with Crippen molar-refractivity contribution in [3.63, 3.8) is 0 Å². The van der Waals surface area contributed by atoms with Gasteiger partial charge in [0.1, 0.15) is 5.25 Å². The zero-order valence-electron chi connectivity index (χ0n) is 17.7. The van der Waals surface area contributed by atoms with Gasteiger partial charge in [0, 0.05) is 11.7 Å². The summed E-state index contributed by atoms with van der Waals surface area (Å²) in [5.41, 5.74) is 1.84. The first-order valence-electron chi connectivity index (χ1n) is 10.2. The number of anilines is 1. The van der Waals surface area contributed by atoms with Gasteiger partial charge in [0.25, 0.3) is 5.91 Å². The molecule has 1 aliphatic rings. The van der Waals surface area contributed by atoms with Crippen LogP contribution < -0.4 is 10.6 Å². The summed E-state index contributed by atoms with van der Waals surface area (Å²) in [5, 5.41) is 5.26. The molecule has 7 heteroatoms. The molecule has 29 heavy (non-hydrogen) atoms. The molecular formula is C22H32N2O4S. The summed E-state index contributed by atoms with van der Waals surface area (Å²) >= 11 is 1.19. The number of ether oxygens (including phenoxy) is 1. The number of hydrogen-bond acceptors (Lipinski definition) is 5. The fraction of sp³-hybridized carbons (Fsp3) is 0.591. The van der Waals surface area contributed by atoms with Crippen LogP contribution in [0.3, 0.4) is 0 Å². The van der Waals surface area contributed by atoms with E-state index in [1.54, 1.807) is 13.8 Å². The number of hydrogen-bond donors (Lipinski definition) is 2. The van der Waals surface area contributed by atoms with E-state index in [0.717, 1.165) is 30.5 Å². The molecule has 0 radical (unpaired) electrons. The van der Waals surface area contributed by atoms with E-state index in [-0.39, 0.29) is 23.6 Å². The van der Waals surface area contributed by atoms with Gasteiger partial charge in [-0.2, -0.15) is 0 Å². The summed E-state index contributed by atoms with van der Waals surface area (Å²) in [7, 11) is 0. The lowest BCUT2D eigenvalue weighted by molar-refractivity contribution is -0.154. The third-order valence-corrected chi connectivity index (χ3v) is 6.35. The third kappa shape index (κ3) is 7.72. The maximum Gasteiger partial charge on any atom is 0.319 e. The number of aryl methyl sites for hydroxylation is 1. The van der Waals surface area contributed by atoms with Crippen LogP contribution >= 0.6 is 11.8 Å². The molecule has 1 aromatic carbocycles. The molecule has 160 valence electrons. The second-order valence-corrected chi connectivity index (χ2v) is 9.15. The lowest BCUT2D eigenvalue weighted by atomic mass is 9.86. The molecule has 6 nitrogen and oxygen atoms in total. The smallest absolute Gasteiger partial charge is 0.319 e. The van der Waals surface area contributed by atoms with E-state index < -0.39 is 17.3 Å².